The van der Waals surface area contributed by atoms with Crippen molar-refractivity contribution in [3.05, 3.63) is 0 Å². The molecule has 0 aliphatic rings. The first-order valence-electron chi connectivity index (χ1n) is 5.40. The molecule has 0 aliphatic heterocycles. The highest BCUT2D eigenvalue weighted by Gasteiger charge is 2.41. The first kappa shape index (κ1) is 17.6. The molecular weight excluding hydrogens is 271 g/mol. The van der Waals surface area contributed by atoms with Crippen LogP contribution in [0.15, 0.2) is 0 Å². The summed E-state index contributed by atoms with van der Waals surface area (Å²) < 4.78 is 51.9. The summed E-state index contributed by atoms with van der Waals surface area (Å²) in [6.45, 7) is 0.793. The van der Waals surface area contributed by atoms with E-state index in [-0.39, 0.29) is 13.2 Å². The van der Waals surface area contributed by atoms with Crippen molar-refractivity contribution in [1.29, 1.82) is 0 Å². The smallest absolute Gasteiger partial charge is 0.393 e. The molecule has 1 atom stereocenters. The largest absolute Gasteiger partial charge is 0.400 e. The fourth-order valence-electron chi connectivity index (χ4n) is 1.06. The van der Waals surface area contributed by atoms with Crippen LogP contribution in [0.25, 0.3) is 0 Å². The number of halogens is 3. The van der Waals surface area contributed by atoms with Gasteiger partial charge >= 0.3 is 6.18 Å². The van der Waals surface area contributed by atoms with Gasteiger partial charge in [-0.2, -0.15) is 13.2 Å². The van der Waals surface area contributed by atoms with Gasteiger partial charge in [0.1, 0.15) is 5.92 Å². The van der Waals surface area contributed by atoms with Gasteiger partial charge in [0.15, 0.2) is 0 Å². The van der Waals surface area contributed by atoms with Crippen molar-refractivity contribution >= 4 is 17.2 Å². The molecule has 0 aliphatic carbocycles. The quantitative estimate of drug-likeness (QED) is 0.488. The molecule has 2 N–H and O–H groups in total. The Morgan fingerprint density at radius 3 is 2.28 bits per heavy atom. The van der Waals surface area contributed by atoms with Crippen LogP contribution in [0.2, 0.25) is 0 Å². The van der Waals surface area contributed by atoms with E-state index >= 15 is 0 Å². The lowest BCUT2D eigenvalue weighted by Gasteiger charge is -2.18. The highest BCUT2D eigenvalue weighted by atomic mass is 32.1. The normalized spacial score (nSPS) is 13.6. The molecule has 0 fully saturated rings. The molecule has 0 aromatic carbocycles. The zero-order valence-corrected chi connectivity index (χ0v) is 11.0. The molecule has 0 saturated carbocycles. The Balaban J connectivity index is 3.60. The topological polar surface area (TPSA) is 53.7 Å². The molecule has 0 aromatic heterocycles. The summed E-state index contributed by atoms with van der Waals surface area (Å²) in [5, 5.41) is 0. The predicted octanol–water partition coefficient (Wildman–Crippen LogP) is 1.52. The lowest BCUT2D eigenvalue weighted by Crippen LogP contribution is -2.38. The third-order valence-electron chi connectivity index (χ3n) is 2.03. The maximum atomic E-state index is 12.4. The van der Waals surface area contributed by atoms with Gasteiger partial charge in [-0.15, -0.1) is 0 Å². The number of nitrogens with two attached hydrogens (primary N) is 1. The summed E-state index contributed by atoms with van der Waals surface area (Å²) in [7, 11) is 1.58. The Hall–Kier alpha value is -0.440. The molecule has 8 heteroatoms. The second-order valence-corrected chi connectivity index (χ2v) is 4.00. The molecule has 4 nitrogen and oxygen atoms in total. The van der Waals surface area contributed by atoms with Gasteiger partial charge in [-0.05, 0) is 6.42 Å². The van der Waals surface area contributed by atoms with E-state index in [1.54, 1.807) is 7.11 Å². The maximum absolute atomic E-state index is 12.4. The highest BCUT2D eigenvalue weighted by molar-refractivity contribution is 7.80. The number of ether oxygens (including phenoxy) is 3. The van der Waals surface area contributed by atoms with Crippen LogP contribution in [0.5, 0.6) is 0 Å². The molecule has 18 heavy (non-hydrogen) atoms. The molecular formula is C10H18F3NO3S. The molecule has 0 saturated heterocycles. The minimum atomic E-state index is -4.47. The van der Waals surface area contributed by atoms with Crippen molar-refractivity contribution in [3.63, 3.8) is 0 Å². The second-order valence-electron chi connectivity index (χ2n) is 3.53. The maximum Gasteiger partial charge on any atom is 0.400 e. The molecule has 1 unspecified atom stereocenters. The lowest BCUT2D eigenvalue weighted by molar-refractivity contribution is -0.168. The Morgan fingerprint density at radius 2 is 1.78 bits per heavy atom. The summed E-state index contributed by atoms with van der Waals surface area (Å²) in [6.07, 6.45) is -3.74. The minimum absolute atomic E-state index is 0.0716. The van der Waals surface area contributed by atoms with Crippen LogP contribution >= 0.6 is 12.2 Å². The van der Waals surface area contributed by atoms with E-state index in [2.05, 4.69) is 12.2 Å². The summed E-state index contributed by atoms with van der Waals surface area (Å²) >= 11 is 4.35. The van der Waals surface area contributed by atoms with Crippen molar-refractivity contribution in [1.82, 2.24) is 0 Å². The highest BCUT2D eigenvalue weighted by Crippen LogP contribution is 2.26. The number of rotatable bonds is 10. The Kier molecular flexibility index (Phi) is 9.25. The molecule has 0 bridgehead atoms. The predicted molar refractivity (Wildman–Crippen MR) is 64.5 cm³/mol. The van der Waals surface area contributed by atoms with E-state index in [0.29, 0.717) is 13.2 Å². The fraction of sp³-hybridized carbons (Fsp3) is 0.900. The zero-order chi connectivity index (χ0) is 14.0. The van der Waals surface area contributed by atoms with Crippen molar-refractivity contribution in [2.45, 2.75) is 12.6 Å². The molecule has 0 rings (SSSR count). The van der Waals surface area contributed by atoms with E-state index in [9.17, 15) is 13.2 Å². The van der Waals surface area contributed by atoms with E-state index < -0.39 is 23.7 Å². The van der Waals surface area contributed by atoms with Crippen molar-refractivity contribution in [2.75, 3.05) is 40.1 Å². The van der Waals surface area contributed by atoms with Crippen LogP contribution in [-0.4, -0.2) is 51.3 Å². The number of alkyl halides is 3. The van der Waals surface area contributed by atoms with E-state index in [0.717, 1.165) is 6.42 Å². The lowest BCUT2D eigenvalue weighted by atomic mass is 10.1. The number of hydrogen-bond donors (Lipinski definition) is 1. The van der Waals surface area contributed by atoms with E-state index in [1.165, 1.54) is 0 Å². The van der Waals surface area contributed by atoms with E-state index in [4.69, 9.17) is 19.9 Å². The average molecular weight is 289 g/mol. The van der Waals surface area contributed by atoms with Crippen molar-refractivity contribution in [2.24, 2.45) is 11.7 Å². The Bertz CT molecular complexity index is 239. The van der Waals surface area contributed by atoms with Gasteiger partial charge in [0, 0.05) is 20.3 Å². The van der Waals surface area contributed by atoms with Gasteiger partial charge < -0.3 is 19.9 Å². The van der Waals surface area contributed by atoms with Crippen molar-refractivity contribution < 1.29 is 27.4 Å². The molecule has 0 amide bonds. The van der Waals surface area contributed by atoms with Gasteiger partial charge in [-0.3, -0.25) is 0 Å². The van der Waals surface area contributed by atoms with Crippen LogP contribution in [0.1, 0.15) is 6.42 Å². The zero-order valence-electron chi connectivity index (χ0n) is 10.2. The van der Waals surface area contributed by atoms with Crippen LogP contribution in [0, 0.1) is 5.92 Å². The van der Waals surface area contributed by atoms with Crippen LogP contribution < -0.4 is 5.73 Å². The second kappa shape index (κ2) is 9.48. The van der Waals surface area contributed by atoms with Crippen LogP contribution in [-0.2, 0) is 14.2 Å². The molecule has 108 valence electrons. The van der Waals surface area contributed by atoms with E-state index in [1.807, 2.05) is 0 Å². The molecule has 0 aromatic rings. The van der Waals surface area contributed by atoms with Crippen LogP contribution in [0.3, 0.4) is 0 Å². The van der Waals surface area contributed by atoms with Gasteiger partial charge in [-0.1, -0.05) is 12.2 Å². The summed E-state index contributed by atoms with van der Waals surface area (Å²) in [5.41, 5.74) is 5.00. The Morgan fingerprint density at radius 1 is 1.17 bits per heavy atom. The third kappa shape index (κ3) is 8.62. The third-order valence-corrected chi connectivity index (χ3v) is 2.32. The van der Waals surface area contributed by atoms with Gasteiger partial charge in [0.25, 0.3) is 0 Å². The Labute approximate surface area is 110 Å². The monoisotopic (exact) mass is 289 g/mol. The van der Waals surface area contributed by atoms with Gasteiger partial charge in [-0.25, -0.2) is 0 Å². The first-order valence-corrected chi connectivity index (χ1v) is 5.81. The standard InChI is InChI=1S/C10H18F3NO3S/c1-15-3-2-4-16-5-6-17-7-8(9(14)18)10(11,12)13/h8H,2-7H2,1H3,(H2,14,18). The minimum Gasteiger partial charge on any atom is -0.393 e. The number of methoxy groups -OCH3 is 1. The number of thiocarbonyl (C=S) groups is 1. The SMILES string of the molecule is COCCCOCCOCC(C(N)=S)C(F)(F)F. The molecule has 0 radical (unpaired) electrons. The van der Waals surface area contributed by atoms with Crippen molar-refractivity contribution in [3.8, 4) is 0 Å². The molecule has 0 heterocycles. The first-order chi connectivity index (χ1) is 8.39. The van der Waals surface area contributed by atoms with Crippen LogP contribution in [0.4, 0.5) is 13.2 Å². The number of hydrogen-bond acceptors (Lipinski definition) is 4. The fourth-order valence-corrected chi connectivity index (χ4v) is 1.27. The van der Waals surface area contributed by atoms with Gasteiger partial charge in [0.2, 0.25) is 0 Å². The van der Waals surface area contributed by atoms with Gasteiger partial charge in [0.05, 0.1) is 24.8 Å². The summed E-state index contributed by atoms with van der Waals surface area (Å²) in [4.78, 5) is -0.608. The summed E-state index contributed by atoms with van der Waals surface area (Å²) in [6, 6.07) is 0. The molecule has 0 spiro atoms. The average Bonchev–Trinajstić information content (AvgIpc) is 2.24. The summed E-state index contributed by atoms with van der Waals surface area (Å²) in [5.74, 6) is -1.90.